The Morgan fingerprint density at radius 2 is 0.482 bits per heavy atom. The third-order valence-electron chi connectivity index (χ3n) is 11.4. The summed E-state index contributed by atoms with van der Waals surface area (Å²) in [6.07, 6.45) is 47.9. The first-order valence-electron chi connectivity index (χ1n) is 25.0. The Balaban J connectivity index is 4.30. The SMILES string of the molecule is CCCCCCCCCCCCCCCCCC(=O)O[C@@H](COC(=O)CCCCCCCCCCCCC)COC(=O)CCCCCCCCCCCCCC. The lowest BCUT2D eigenvalue weighted by Gasteiger charge is -2.18. The molecule has 6 nitrogen and oxygen atoms in total. The van der Waals surface area contributed by atoms with E-state index in [1.54, 1.807) is 0 Å². The highest BCUT2D eigenvalue weighted by Crippen LogP contribution is 2.16. The maximum absolute atomic E-state index is 12.8. The molecule has 0 unspecified atom stereocenters. The van der Waals surface area contributed by atoms with Crippen molar-refractivity contribution in [3.8, 4) is 0 Å². The fourth-order valence-electron chi connectivity index (χ4n) is 7.56. The molecule has 56 heavy (non-hydrogen) atoms. The van der Waals surface area contributed by atoms with E-state index in [2.05, 4.69) is 20.8 Å². The van der Waals surface area contributed by atoms with Gasteiger partial charge < -0.3 is 14.2 Å². The van der Waals surface area contributed by atoms with Gasteiger partial charge in [-0.2, -0.15) is 0 Å². The molecule has 0 heterocycles. The van der Waals surface area contributed by atoms with Crippen molar-refractivity contribution >= 4 is 17.9 Å². The lowest BCUT2D eigenvalue weighted by Crippen LogP contribution is -2.30. The first-order chi connectivity index (χ1) is 27.5. The largest absolute Gasteiger partial charge is 0.462 e. The van der Waals surface area contributed by atoms with Crippen LogP contribution in [-0.4, -0.2) is 37.2 Å². The molecule has 0 fully saturated rings. The van der Waals surface area contributed by atoms with E-state index < -0.39 is 6.10 Å². The van der Waals surface area contributed by atoms with Gasteiger partial charge in [0.2, 0.25) is 0 Å². The topological polar surface area (TPSA) is 78.9 Å². The average Bonchev–Trinajstić information content (AvgIpc) is 3.19. The van der Waals surface area contributed by atoms with Crippen LogP contribution in [0.25, 0.3) is 0 Å². The van der Waals surface area contributed by atoms with Gasteiger partial charge >= 0.3 is 17.9 Å². The van der Waals surface area contributed by atoms with Gasteiger partial charge in [0.25, 0.3) is 0 Å². The first-order valence-corrected chi connectivity index (χ1v) is 25.0. The van der Waals surface area contributed by atoms with Gasteiger partial charge in [0.1, 0.15) is 13.2 Å². The van der Waals surface area contributed by atoms with Crippen LogP contribution in [0.15, 0.2) is 0 Å². The summed E-state index contributed by atoms with van der Waals surface area (Å²) in [4.78, 5) is 37.8. The Morgan fingerprint density at radius 1 is 0.286 bits per heavy atom. The first kappa shape index (κ1) is 54.4. The molecule has 0 radical (unpaired) electrons. The fraction of sp³-hybridized carbons (Fsp3) is 0.940. The molecule has 1 atom stereocenters. The van der Waals surface area contributed by atoms with Gasteiger partial charge in [-0.15, -0.1) is 0 Å². The van der Waals surface area contributed by atoms with Crippen molar-refractivity contribution < 1.29 is 28.6 Å². The molecule has 6 heteroatoms. The predicted octanol–water partition coefficient (Wildman–Crippen LogP) is 16.0. The van der Waals surface area contributed by atoms with Crippen LogP contribution in [0.4, 0.5) is 0 Å². The van der Waals surface area contributed by atoms with Gasteiger partial charge in [0.15, 0.2) is 6.10 Å². The molecular weight excluding hydrogens is 697 g/mol. The van der Waals surface area contributed by atoms with E-state index in [0.717, 1.165) is 57.8 Å². The normalized spacial score (nSPS) is 11.8. The molecule has 0 saturated carbocycles. The minimum Gasteiger partial charge on any atom is -0.462 e. The third kappa shape index (κ3) is 43.5. The van der Waals surface area contributed by atoms with Crippen molar-refractivity contribution in [2.75, 3.05) is 13.2 Å². The van der Waals surface area contributed by atoms with E-state index in [4.69, 9.17) is 14.2 Å². The molecule has 0 bridgehead atoms. The zero-order chi connectivity index (χ0) is 40.8. The average molecular weight is 793 g/mol. The monoisotopic (exact) mass is 793 g/mol. The lowest BCUT2D eigenvalue weighted by molar-refractivity contribution is -0.167. The molecule has 0 N–H and O–H groups in total. The highest BCUT2D eigenvalue weighted by atomic mass is 16.6. The van der Waals surface area contributed by atoms with Gasteiger partial charge in [-0.05, 0) is 19.3 Å². The summed E-state index contributed by atoms with van der Waals surface area (Å²) >= 11 is 0. The van der Waals surface area contributed by atoms with Crippen molar-refractivity contribution in [2.24, 2.45) is 0 Å². The van der Waals surface area contributed by atoms with Crippen LogP contribution in [0.1, 0.15) is 284 Å². The lowest BCUT2D eigenvalue weighted by atomic mass is 10.0. The number of rotatable bonds is 46. The fourth-order valence-corrected chi connectivity index (χ4v) is 7.56. The van der Waals surface area contributed by atoms with Crippen molar-refractivity contribution in [2.45, 2.75) is 290 Å². The summed E-state index contributed by atoms with van der Waals surface area (Å²) in [7, 11) is 0. The number of carbonyl (C=O) groups excluding carboxylic acids is 3. The molecule has 0 aliphatic heterocycles. The number of ether oxygens (including phenoxy) is 3. The minimum absolute atomic E-state index is 0.0621. The van der Waals surface area contributed by atoms with Gasteiger partial charge in [-0.3, -0.25) is 14.4 Å². The van der Waals surface area contributed by atoms with Crippen LogP contribution in [-0.2, 0) is 28.6 Å². The van der Waals surface area contributed by atoms with Crippen LogP contribution in [0.5, 0.6) is 0 Å². The molecule has 0 saturated heterocycles. The Bertz CT molecular complexity index is 828. The second-order valence-corrected chi connectivity index (χ2v) is 17.1. The minimum atomic E-state index is -0.758. The van der Waals surface area contributed by atoms with E-state index in [0.29, 0.717) is 19.3 Å². The van der Waals surface area contributed by atoms with Crippen LogP contribution in [0.3, 0.4) is 0 Å². The Kier molecular flexibility index (Phi) is 44.8. The summed E-state index contributed by atoms with van der Waals surface area (Å²) in [5, 5.41) is 0. The van der Waals surface area contributed by atoms with Crippen LogP contribution < -0.4 is 0 Å². The highest BCUT2D eigenvalue weighted by molar-refractivity contribution is 5.71. The Morgan fingerprint density at radius 3 is 0.714 bits per heavy atom. The van der Waals surface area contributed by atoms with E-state index in [-0.39, 0.29) is 31.1 Å². The zero-order valence-corrected chi connectivity index (χ0v) is 37.9. The summed E-state index contributed by atoms with van der Waals surface area (Å²) < 4.78 is 16.8. The molecule has 0 aromatic rings. The number of hydrogen-bond donors (Lipinski definition) is 0. The van der Waals surface area contributed by atoms with Crippen molar-refractivity contribution in [1.29, 1.82) is 0 Å². The second-order valence-electron chi connectivity index (χ2n) is 17.1. The smallest absolute Gasteiger partial charge is 0.306 e. The molecule has 0 aliphatic rings. The predicted molar refractivity (Wildman–Crippen MR) is 238 cm³/mol. The zero-order valence-electron chi connectivity index (χ0n) is 37.9. The Hall–Kier alpha value is -1.59. The number of carbonyl (C=O) groups is 3. The van der Waals surface area contributed by atoms with Crippen LogP contribution in [0.2, 0.25) is 0 Å². The van der Waals surface area contributed by atoms with E-state index in [1.165, 1.54) is 186 Å². The van der Waals surface area contributed by atoms with Crippen molar-refractivity contribution in [3.63, 3.8) is 0 Å². The van der Waals surface area contributed by atoms with Gasteiger partial charge in [-0.1, -0.05) is 245 Å². The Labute approximate surface area is 348 Å². The highest BCUT2D eigenvalue weighted by Gasteiger charge is 2.19. The van der Waals surface area contributed by atoms with Gasteiger partial charge in [0, 0.05) is 19.3 Å². The number of hydrogen-bond acceptors (Lipinski definition) is 6. The summed E-state index contributed by atoms with van der Waals surface area (Å²) in [6, 6.07) is 0. The summed E-state index contributed by atoms with van der Waals surface area (Å²) in [5.74, 6) is -0.844. The molecule has 0 amide bonds. The maximum Gasteiger partial charge on any atom is 0.306 e. The van der Waals surface area contributed by atoms with Crippen LogP contribution in [0, 0.1) is 0 Å². The van der Waals surface area contributed by atoms with E-state index in [9.17, 15) is 14.4 Å². The maximum atomic E-state index is 12.8. The van der Waals surface area contributed by atoms with E-state index >= 15 is 0 Å². The number of esters is 3. The van der Waals surface area contributed by atoms with E-state index in [1.807, 2.05) is 0 Å². The van der Waals surface area contributed by atoms with Crippen LogP contribution >= 0.6 is 0 Å². The molecule has 0 aromatic carbocycles. The van der Waals surface area contributed by atoms with Crippen molar-refractivity contribution in [1.82, 2.24) is 0 Å². The molecule has 0 aromatic heterocycles. The number of unbranched alkanes of at least 4 members (excludes halogenated alkanes) is 35. The molecule has 0 aliphatic carbocycles. The summed E-state index contributed by atoms with van der Waals surface area (Å²) in [6.45, 7) is 6.66. The quantitative estimate of drug-likeness (QED) is 0.0347. The molecular formula is C50H96O6. The second kappa shape index (κ2) is 46.1. The molecule has 0 rings (SSSR count). The molecule has 332 valence electrons. The standard InChI is InChI=1S/C50H96O6/c1-4-7-10-13-16-19-22-24-25-26-29-32-35-38-41-44-50(53)56-47(45-54-48(51)42-39-36-33-30-27-21-18-15-12-9-6-3)46-55-49(52)43-40-37-34-31-28-23-20-17-14-11-8-5-2/h47H,4-46H2,1-3H3/t47-/m0/s1. The molecule has 0 spiro atoms. The van der Waals surface area contributed by atoms with Gasteiger partial charge in [0.05, 0.1) is 0 Å². The summed E-state index contributed by atoms with van der Waals surface area (Å²) in [5.41, 5.74) is 0. The van der Waals surface area contributed by atoms with Crippen molar-refractivity contribution in [3.05, 3.63) is 0 Å². The van der Waals surface area contributed by atoms with Gasteiger partial charge in [-0.25, -0.2) is 0 Å². The third-order valence-corrected chi connectivity index (χ3v) is 11.4.